The zero-order chi connectivity index (χ0) is 45.8. The summed E-state index contributed by atoms with van der Waals surface area (Å²) in [5.74, 6) is -8.56. The molecule has 0 saturated heterocycles. The number of ketones is 1. The number of aliphatic hydroxyl groups is 2. The SMILES string of the molecule is CO[C@H]1/C=C/O[C@@]2(C)Oc3c(C)c(O)c4c(O)c(cc(OCC(=O)NNc5ccc(C)cc5)c4c3C2=O)NC(=O)/C(C)=C\C=C\[C@H](C)[C@H](O)[C@@H](C)[C@@H](O)[C@@H](C)[C@H](OC(C)=O)[C@@H]1C. The van der Waals surface area contributed by atoms with Crippen molar-refractivity contribution < 1.29 is 63.3 Å². The van der Waals surface area contributed by atoms with Crippen LogP contribution in [-0.4, -0.2) is 87.9 Å². The summed E-state index contributed by atoms with van der Waals surface area (Å²) in [5.41, 5.74) is 6.83. The van der Waals surface area contributed by atoms with Gasteiger partial charge in [-0.05, 0) is 39.0 Å². The molecule has 7 N–H and O–H groups in total. The summed E-state index contributed by atoms with van der Waals surface area (Å²) < 4.78 is 29.7. The van der Waals surface area contributed by atoms with Crippen molar-refractivity contribution in [3.63, 3.8) is 0 Å². The first-order valence-electron chi connectivity index (χ1n) is 20.3. The number of aliphatic hydroxyl groups excluding tert-OH is 2. The third kappa shape index (κ3) is 9.83. The molecule has 16 heteroatoms. The molecule has 5 bridgehead atoms. The van der Waals surface area contributed by atoms with Crippen LogP contribution in [0.25, 0.3) is 10.8 Å². The van der Waals surface area contributed by atoms with E-state index in [4.69, 9.17) is 23.7 Å². The zero-order valence-electron chi connectivity index (χ0n) is 36.6. The number of aryl methyl sites for hydroxylation is 1. The number of nitrogens with one attached hydrogen (secondary N) is 3. The van der Waals surface area contributed by atoms with Gasteiger partial charge in [0.15, 0.2) is 12.4 Å². The third-order valence-electron chi connectivity index (χ3n) is 11.6. The van der Waals surface area contributed by atoms with Gasteiger partial charge in [-0.15, -0.1) is 0 Å². The molecule has 3 aromatic carbocycles. The second kappa shape index (κ2) is 19.3. The fourth-order valence-electron chi connectivity index (χ4n) is 7.71. The van der Waals surface area contributed by atoms with E-state index in [-0.39, 0.29) is 44.7 Å². The molecular formula is C46H57N3O13. The number of phenolic OH excluding ortho intramolecular Hbond substituents is 2. The average Bonchev–Trinajstić information content (AvgIpc) is 3.50. The van der Waals surface area contributed by atoms with E-state index >= 15 is 0 Å². The maximum Gasteiger partial charge on any atom is 0.312 e. The number of allylic oxidation sites excluding steroid dienone is 2. The number of fused-ring (bicyclic) bond motifs is 14. The van der Waals surface area contributed by atoms with Crippen molar-refractivity contribution in [3.05, 3.63) is 83.2 Å². The Morgan fingerprint density at radius 1 is 0.919 bits per heavy atom. The first-order valence-corrected chi connectivity index (χ1v) is 20.3. The van der Waals surface area contributed by atoms with Crippen LogP contribution >= 0.6 is 0 Å². The number of esters is 1. The van der Waals surface area contributed by atoms with Gasteiger partial charge in [0.25, 0.3) is 17.6 Å². The Morgan fingerprint density at radius 2 is 1.60 bits per heavy atom. The fraction of sp³-hybridized carbons (Fsp3) is 0.435. The minimum Gasteiger partial charge on any atom is -0.507 e. The predicted octanol–water partition coefficient (Wildman–Crippen LogP) is 5.88. The van der Waals surface area contributed by atoms with Gasteiger partial charge >= 0.3 is 11.8 Å². The number of carbonyl (C=O) groups is 4. The van der Waals surface area contributed by atoms with Crippen LogP contribution < -0.4 is 25.6 Å². The second-order valence-corrected chi connectivity index (χ2v) is 16.2. The van der Waals surface area contributed by atoms with Gasteiger partial charge in [0, 0.05) is 67.2 Å². The van der Waals surface area contributed by atoms with Crippen LogP contribution in [0.5, 0.6) is 23.0 Å². The standard InChI is InChI=1S/C46H57N3O13/c1-22-14-16-30(17-15-22)48-49-34(51)21-59-33-20-31-41(55)36-35(33)37-43(28(7)40(36)54)62-46(9,44(37)56)60-19-18-32(58-10)25(4)42(61-29(8)50)27(6)39(53)26(5)38(52)23(2)12-11-13-24(3)45(57)47-31/h11-20,23,25-27,32,38-39,42,48,52-55H,21H2,1-10H3,(H,47,57)(H,49,51)/b12-11+,19-18+,24-13-/t23-,25+,26+,27+,32-,38-,39+,42+,46-/m0/s1. The highest BCUT2D eigenvalue weighted by molar-refractivity contribution is 6.21. The number of hydrogen-bond donors (Lipinski definition) is 7. The number of carbonyl (C=O) groups excluding carboxylic acids is 4. The molecule has 62 heavy (non-hydrogen) atoms. The number of benzene rings is 3. The number of phenols is 2. The largest absolute Gasteiger partial charge is 0.507 e. The molecule has 9 atom stereocenters. The molecule has 3 aromatic rings. The molecule has 0 radical (unpaired) electrons. The summed E-state index contributed by atoms with van der Waals surface area (Å²) in [6.07, 6.45) is 3.50. The number of Topliss-reactive ketones (excluding diaryl/α,β-unsaturated/α-hetero) is 1. The van der Waals surface area contributed by atoms with E-state index in [1.54, 1.807) is 52.0 Å². The van der Waals surface area contributed by atoms with Gasteiger partial charge in [0.05, 0.1) is 46.9 Å². The average molecular weight is 860 g/mol. The lowest BCUT2D eigenvalue weighted by Crippen LogP contribution is -2.46. The maximum atomic E-state index is 14.5. The van der Waals surface area contributed by atoms with Crippen LogP contribution in [0, 0.1) is 37.5 Å². The van der Waals surface area contributed by atoms with Crippen LogP contribution in [0.4, 0.5) is 11.4 Å². The molecule has 16 nitrogen and oxygen atoms in total. The molecule has 3 aliphatic heterocycles. The molecule has 0 unspecified atom stereocenters. The van der Waals surface area contributed by atoms with Gasteiger partial charge in [0.1, 0.15) is 23.4 Å². The summed E-state index contributed by atoms with van der Waals surface area (Å²) in [5, 5.41) is 48.4. The summed E-state index contributed by atoms with van der Waals surface area (Å²) in [7, 11) is 1.43. The molecule has 2 amide bonds. The summed E-state index contributed by atoms with van der Waals surface area (Å²) >= 11 is 0. The first-order chi connectivity index (χ1) is 29.2. The number of methoxy groups -OCH3 is 1. The molecule has 334 valence electrons. The van der Waals surface area contributed by atoms with Crippen LogP contribution in [0.2, 0.25) is 0 Å². The highest BCUT2D eigenvalue weighted by Gasteiger charge is 2.49. The number of amides is 2. The Bertz CT molecular complexity index is 2290. The van der Waals surface area contributed by atoms with Gasteiger partial charge in [-0.3, -0.25) is 30.0 Å². The summed E-state index contributed by atoms with van der Waals surface area (Å²) in [6, 6.07) is 8.47. The lowest BCUT2D eigenvalue weighted by atomic mass is 9.78. The van der Waals surface area contributed by atoms with Crippen molar-refractivity contribution >= 4 is 45.7 Å². The molecule has 0 saturated carbocycles. The van der Waals surface area contributed by atoms with Crippen LogP contribution in [0.3, 0.4) is 0 Å². The van der Waals surface area contributed by atoms with Crippen LogP contribution in [0.1, 0.15) is 70.0 Å². The second-order valence-electron chi connectivity index (χ2n) is 16.2. The van der Waals surface area contributed by atoms with Gasteiger partial charge in [-0.1, -0.05) is 63.6 Å². The van der Waals surface area contributed by atoms with Gasteiger partial charge in [-0.2, -0.15) is 0 Å². The van der Waals surface area contributed by atoms with Crippen molar-refractivity contribution in [1.82, 2.24) is 5.43 Å². The van der Waals surface area contributed by atoms with Gasteiger partial charge in [-0.25, -0.2) is 0 Å². The molecule has 0 spiro atoms. The molecule has 0 aromatic heterocycles. The van der Waals surface area contributed by atoms with E-state index < -0.39 is 95.5 Å². The number of hydrogen-bond acceptors (Lipinski definition) is 14. The van der Waals surface area contributed by atoms with Crippen molar-refractivity contribution in [2.75, 3.05) is 24.5 Å². The topological polar surface area (TPSA) is 231 Å². The van der Waals surface area contributed by atoms with Gasteiger partial charge < -0.3 is 49.4 Å². The van der Waals surface area contributed by atoms with Crippen LogP contribution in [0.15, 0.2) is 66.5 Å². The normalized spacial score (nSPS) is 28.8. The minimum atomic E-state index is -2.05. The fourth-order valence-corrected chi connectivity index (χ4v) is 7.71. The molecular weight excluding hydrogens is 803 g/mol. The summed E-state index contributed by atoms with van der Waals surface area (Å²) in [6.45, 7) is 13.8. The Hall–Kier alpha value is -6.10. The van der Waals surface area contributed by atoms with Gasteiger partial charge in [0.2, 0.25) is 0 Å². The van der Waals surface area contributed by atoms with Crippen molar-refractivity contribution in [1.29, 1.82) is 0 Å². The molecule has 3 aliphatic rings. The van der Waals surface area contributed by atoms with E-state index in [0.717, 1.165) is 5.56 Å². The number of anilines is 2. The zero-order valence-corrected chi connectivity index (χ0v) is 36.6. The van der Waals surface area contributed by atoms with Crippen molar-refractivity contribution in [3.8, 4) is 23.0 Å². The Kier molecular flexibility index (Phi) is 14.6. The number of ether oxygens (including phenoxy) is 5. The number of aromatic hydroxyl groups is 2. The maximum absolute atomic E-state index is 14.5. The lowest BCUT2D eigenvalue weighted by Gasteiger charge is -2.38. The Morgan fingerprint density at radius 3 is 2.24 bits per heavy atom. The van der Waals surface area contributed by atoms with Crippen molar-refractivity contribution in [2.24, 2.45) is 23.7 Å². The van der Waals surface area contributed by atoms with E-state index in [9.17, 15) is 39.6 Å². The van der Waals surface area contributed by atoms with E-state index in [0.29, 0.717) is 5.69 Å². The quantitative estimate of drug-likeness (QED) is 0.0836. The monoisotopic (exact) mass is 859 g/mol. The highest BCUT2D eigenvalue weighted by Crippen LogP contribution is 2.54. The van der Waals surface area contributed by atoms with Crippen LogP contribution in [-0.2, 0) is 28.6 Å². The third-order valence-corrected chi connectivity index (χ3v) is 11.6. The highest BCUT2D eigenvalue weighted by atomic mass is 16.7. The summed E-state index contributed by atoms with van der Waals surface area (Å²) in [4.78, 5) is 53.5. The first kappa shape index (κ1) is 47.0. The number of hydrazine groups is 1. The predicted molar refractivity (Wildman–Crippen MR) is 231 cm³/mol. The molecule has 0 fully saturated rings. The molecule has 3 heterocycles. The van der Waals surface area contributed by atoms with Crippen molar-refractivity contribution in [2.45, 2.75) is 92.5 Å². The Balaban J connectivity index is 1.63. The van der Waals surface area contributed by atoms with E-state index in [1.165, 1.54) is 59.3 Å². The molecule has 0 aliphatic carbocycles. The van der Waals surface area contributed by atoms with E-state index in [2.05, 4.69) is 16.2 Å². The molecule has 6 rings (SSSR count). The van der Waals surface area contributed by atoms with E-state index in [1.807, 2.05) is 19.1 Å². The smallest absolute Gasteiger partial charge is 0.312 e. The Labute approximate surface area is 360 Å². The minimum absolute atomic E-state index is 0.0550. The lowest BCUT2D eigenvalue weighted by molar-refractivity contribution is -0.160. The number of rotatable bonds is 7.